The number of hydrogen-bond acceptors (Lipinski definition) is 11. The summed E-state index contributed by atoms with van der Waals surface area (Å²) in [6, 6.07) is 32.3. The van der Waals surface area contributed by atoms with Crippen LogP contribution in [0.4, 0.5) is 31.5 Å². The van der Waals surface area contributed by atoms with Gasteiger partial charge in [0.25, 0.3) is 0 Å². The monoisotopic (exact) mass is 1030 g/mol. The molecule has 7 N–H and O–H groups in total. The normalized spacial score (nSPS) is 12.4. The largest absolute Gasteiger partial charge is 0.489 e. The number of alkyl carbamates (subject to hydrolysis) is 2. The number of carbonyl (C=O) groups is 5. The maximum Gasteiger partial charge on any atom is 0.408 e. The molecule has 0 spiro atoms. The van der Waals surface area contributed by atoms with Crippen molar-refractivity contribution >= 4 is 42.4 Å². The standard InChI is InChI=1S/C52H47F5N4O11.ClH/c53-42-43(54)45(56)47(46(57)44(42)55)72-50(66)40(61-52(68)71-29-32-15-8-3-9-16-32)24-36-23-35(19-20-41(36)69-27-30-11-4-1-5-12-30)34-18-10-17-33(21-34)22-39(49(64)65)60-48(63)38(58)25-37(62)26-59-51(67)70-28-31-13-6-2-7-14-31;/h1-21,23,37-40,62H,22,24-29,58H2,(H,59,67)(H,60,63)(H,61,68)(H,64,65);1H/t37-,38+,39+,40+;/m1./s1. The Morgan fingerprint density at radius 3 is 1.67 bits per heavy atom. The molecule has 0 aliphatic rings. The Kier molecular flexibility index (Phi) is 20.6. The van der Waals surface area contributed by atoms with Gasteiger partial charge in [0, 0.05) is 19.4 Å². The molecule has 0 fully saturated rings. The quantitative estimate of drug-likeness (QED) is 0.0127. The Balaban J connectivity index is 0.00000988. The van der Waals surface area contributed by atoms with Crippen LogP contribution in [0.3, 0.4) is 0 Å². The molecule has 0 saturated heterocycles. The van der Waals surface area contributed by atoms with Crippen molar-refractivity contribution in [3.8, 4) is 22.6 Å². The van der Waals surface area contributed by atoms with Gasteiger partial charge in [0.1, 0.15) is 37.7 Å². The minimum Gasteiger partial charge on any atom is -0.489 e. The predicted molar refractivity (Wildman–Crippen MR) is 256 cm³/mol. The number of carboxylic acid groups (broad SMARTS) is 1. The van der Waals surface area contributed by atoms with Crippen LogP contribution in [0.25, 0.3) is 11.1 Å². The van der Waals surface area contributed by atoms with Gasteiger partial charge in [-0.15, -0.1) is 12.4 Å². The van der Waals surface area contributed by atoms with Crippen molar-refractivity contribution < 1.29 is 75.1 Å². The van der Waals surface area contributed by atoms with Gasteiger partial charge < -0.3 is 50.8 Å². The topological polar surface area (TPSA) is 225 Å². The van der Waals surface area contributed by atoms with E-state index in [0.29, 0.717) is 22.3 Å². The fourth-order valence-electron chi connectivity index (χ4n) is 7.01. The van der Waals surface area contributed by atoms with Crippen molar-refractivity contribution in [1.29, 1.82) is 0 Å². The molecule has 21 heteroatoms. The first-order chi connectivity index (χ1) is 34.6. The summed E-state index contributed by atoms with van der Waals surface area (Å²) >= 11 is 0. The number of nitrogens with one attached hydrogen (secondary N) is 3. The minimum absolute atomic E-state index is 0. The third-order valence-corrected chi connectivity index (χ3v) is 10.8. The molecule has 6 aromatic carbocycles. The number of amides is 3. The number of ether oxygens (including phenoxy) is 4. The second-order valence-electron chi connectivity index (χ2n) is 16.1. The molecule has 6 aromatic rings. The molecule has 3 amide bonds. The Hall–Kier alpha value is -8.07. The smallest absolute Gasteiger partial charge is 0.408 e. The van der Waals surface area contributed by atoms with E-state index in [1.807, 2.05) is 0 Å². The summed E-state index contributed by atoms with van der Waals surface area (Å²) < 4.78 is 93.1. The van der Waals surface area contributed by atoms with Gasteiger partial charge in [-0.1, -0.05) is 121 Å². The summed E-state index contributed by atoms with van der Waals surface area (Å²) in [5.41, 5.74) is 9.46. The number of rotatable bonds is 22. The molecule has 0 saturated carbocycles. The van der Waals surface area contributed by atoms with E-state index in [4.69, 9.17) is 24.7 Å². The molecule has 4 atom stereocenters. The maximum atomic E-state index is 14.8. The van der Waals surface area contributed by atoms with Crippen LogP contribution >= 0.6 is 12.4 Å². The zero-order chi connectivity index (χ0) is 51.7. The average molecular weight is 1040 g/mol. The lowest BCUT2D eigenvalue weighted by Gasteiger charge is -2.21. The fourth-order valence-corrected chi connectivity index (χ4v) is 7.01. The summed E-state index contributed by atoms with van der Waals surface area (Å²) in [6.45, 7) is -0.635. The van der Waals surface area contributed by atoms with Crippen molar-refractivity contribution in [2.24, 2.45) is 5.73 Å². The molecule has 6 rings (SSSR count). The summed E-state index contributed by atoms with van der Waals surface area (Å²) in [7, 11) is 0. The molecule has 0 aromatic heterocycles. The lowest BCUT2D eigenvalue weighted by Crippen LogP contribution is -2.50. The van der Waals surface area contributed by atoms with E-state index in [-0.39, 0.29) is 62.9 Å². The van der Waals surface area contributed by atoms with E-state index in [1.165, 1.54) is 12.1 Å². The molecule has 0 aliphatic heterocycles. The number of nitrogens with two attached hydrogens (primary N) is 1. The first-order valence-electron chi connectivity index (χ1n) is 22.1. The Morgan fingerprint density at radius 2 is 1.10 bits per heavy atom. The van der Waals surface area contributed by atoms with Gasteiger partial charge in [-0.05, 0) is 57.5 Å². The molecular weight excluding hydrogens is 987 g/mol. The lowest BCUT2D eigenvalue weighted by molar-refractivity contribution is -0.142. The number of aliphatic hydroxyl groups excluding tert-OH is 1. The van der Waals surface area contributed by atoms with E-state index < -0.39 is 95.5 Å². The van der Waals surface area contributed by atoms with E-state index in [2.05, 4.69) is 16.0 Å². The van der Waals surface area contributed by atoms with Gasteiger partial charge in [0.15, 0.2) is 0 Å². The first-order valence-corrected chi connectivity index (χ1v) is 22.1. The molecule has 0 unspecified atom stereocenters. The number of carboxylic acids is 1. The Labute approximate surface area is 420 Å². The molecular formula is C52H48ClF5N4O11. The molecule has 0 bridgehead atoms. The SMILES string of the molecule is Cl.N[C@@H](C[C@@H](O)CNC(=O)OCc1ccccc1)C(=O)N[C@@H](Cc1cccc(-c2ccc(OCc3ccccc3)c(C[C@H](NC(=O)OCc3ccccc3)C(=O)Oc3c(F)c(F)c(F)c(F)c3F)c2)c1)C(=O)O. The Morgan fingerprint density at radius 1 is 0.575 bits per heavy atom. The van der Waals surface area contributed by atoms with Crippen LogP contribution in [-0.2, 0) is 56.5 Å². The highest BCUT2D eigenvalue weighted by molar-refractivity contribution is 5.87. The van der Waals surface area contributed by atoms with E-state index >= 15 is 0 Å². The molecule has 0 aliphatic carbocycles. The second-order valence-corrected chi connectivity index (χ2v) is 16.1. The number of esters is 1. The minimum atomic E-state index is -2.49. The summed E-state index contributed by atoms with van der Waals surface area (Å²) in [6.07, 6.45) is -4.52. The second kappa shape index (κ2) is 26.9. The van der Waals surface area contributed by atoms with E-state index in [1.54, 1.807) is 121 Å². The van der Waals surface area contributed by atoms with Crippen LogP contribution in [0.5, 0.6) is 11.5 Å². The first kappa shape index (κ1) is 55.9. The number of aliphatic hydroxyl groups is 1. The third-order valence-electron chi connectivity index (χ3n) is 10.8. The number of carbonyl (C=O) groups excluding carboxylic acids is 4. The summed E-state index contributed by atoms with van der Waals surface area (Å²) in [5.74, 6) is -17.9. The highest BCUT2D eigenvalue weighted by atomic mass is 35.5. The highest BCUT2D eigenvalue weighted by Crippen LogP contribution is 2.32. The van der Waals surface area contributed by atoms with Gasteiger partial charge >= 0.3 is 24.1 Å². The van der Waals surface area contributed by atoms with Crippen molar-refractivity contribution in [2.75, 3.05) is 6.54 Å². The van der Waals surface area contributed by atoms with Gasteiger partial charge in [-0.25, -0.2) is 32.3 Å². The number of aliphatic carboxylic acids is 1. The van der Waals surface area contributed by atoms with Crippen LogP contribution in [0.2, 0.25) is 0 Å². The fraction of sp³-hybridized carbons (Fsp3) is 0.212. The van der Waals surface area contributed by atoms with Crippen LogP contribution in [0.15, 0.2) is 133 Å². The zero-order valence-corrected chi connectivity index (χ0v) is 39.2. The van der Waals surface area contributed by atoms with Crippen molar-refractivity contribution in [2.45, 2.75) is 63.3 Å². The van der Waals surface area contributed by atoms with Gasteiger partial charge in [-0.2, -0.15) is 8.78 Å². The van der Waals surface area contributed by atoms with E-state index in [0.717, 1.165) is 11.1 Å². The number of benzene rings is 6. The highest BCUT2D eigenvalue weighted by Gasteiger charge is 2.33. The zero-order valence-electron chi connectivity index (χ0n) is 38.4. The molecule has 15 nitrogen and oxygen atoms in total. The van der Waals surface area contributed by atoms with Gasteiger partial charge in [0.2, 0.25) is 40.7 Å². The lowest BCUT2D eigenvalue weighted by atomic mass is 9.96. The summed E-state index contributed by atoms with van der Waals surface area (Å²) in [4.78, 5) is 64.5. The third kappa shape index (κ3) is 16.2. The van der Waals surface area contributed by atoms with Crippen LogP contribution < -0.4 is 31.2 Å². The molecule has 73 heavy (non-hydrogen) atoms. The Bertz CT molecular complexity index is 2830. The van der Waals surface area contributed by atoms with E-state index in [9.17, 15) is 56.1 Å². The predicted octanol–water partition coefficient (Wildman–Crippen LogP) is 7.61. The summed E-state index contributed by atoms with van der Waals surface area (Å²) in [5, 5.41) is 27.6. The van der Waals surface area contributed by atoms with Crippen molar-refractivity contribution in [1.82, 2.24) is 16.0 Å². The van der Waals surface area contributed by atoms with Gasteiger partial charge in [0.05, 0.1) is 12.1 Å². The molecule has 0 heterocycles. The molecule has 384 valence electrons. The van der Waals surface area contributed by atoms with Crippen LogP contribution in [-0.4, -0.2) is 71.0 Å². The molecule has 0 radical (unpaired) electrons. The maximum absolute atomic E-state index is 14.8. The van der Waals surface area contributed by atoms with Crippen molar-refractivity contribution in [3.05, 3.63) is 190 Å². The number of hydrogen-bond donors (Lipinski definition) is 6. The average Bonchev–Trinajstić information content (AvgIpc) is 3.39. The van der Waals surface area contributed by atoms with Crippen LogP contribution in [0.1, 0.15) is 34.2 Å². The van der Waals surface area contributed by atoms with Crippen molar-refractivity contribution in [3.63, 3.8) is 0 Å². The number of halogens is 6. The van der Waals surface area contributed by atoms with Crippen LogP contribution in [0, 0.1) is 29.1 Å². The van der Waals surface area contributed by atoms with Gasteiger partial charge in [-0.3, -0.25) is 4.79 Å².